The Balaban J connectivity index is 1.88. The van der Waals surface area contributed by atoms with Crippen LogP contribution in [0.15, 0.2) is 54.1 Å². The molecule has 1 heterocycles. The predicted octanol–water partition coefficient (Wildman–Crippen LogP) is 2.38. The van der Waals surface area contributed by atoms with Crippen LogP contribution in [-0.2, 0) is 14.4 Å². The van der Waals surface area contributed by atoms with E-state index in [1.54, 1.807) is 36.4 Å². The van der Waals surface area contributed by atoms with Crippen molar-refractivity contribution in [1.82, 2.24) is 5.43 Å². The minimum atomic E-state index is -0.483. The molecule has 0 radical (unpaired) electrons. The third-order valence-electron chi connectivity index (χ3n) is 3.61. The standard InChI is InChI=1S/C19H16N2O4/c1-12-6-8-15(9-7-12)21-19(24)17(18(23)20-21)11-14-4-3-5-16(10-14)25-13(2)22/h3-11H,1-2H3,(H,20,23)/b17-11-. The molecule has 3 rings (SSSR count). The van der Waals surface area contributed by atoms with Gasteiger partial charge in [0, 0.05) is 6.92 Å². The van der Waals surface area contributed by atoms with E-state index in [1.165, 1.54) is 18.0 Å². The van der Waals surface area contributed by atoms with Crippen LogP contribution in [-0.4, -0.2) is 17.8 Å². The van der Waals surface area contributed by atoms with Gasteiger partial charge in [-0.3, -0.25) is 19.8 Å². The first-order chi connectivity index (χ1) is 11.9. The predicted molar refractivity (Wildman–Crippen MR) is 92.5 cm³/mol. The van der Waals surface area contributed by atoms with Crippen molar-refractivity contribution in [2.24, 2.45) is 0 Å². The summed E-state index contributed by atoms with van der Waals surface area (Å²) in [6.45, 7) is 3.24. The van der Waals surface area contributed by atoms with Crippen LogP contribution in [0.5, 0.6) is 5.75 Å². The molecule has 0 unspecified atom stereocenters. The third-order valence-corrected chi connectivity index (χ3v) is 3.61. The lowest BCUT2D eigenvalue weighted by Crippen LogP contribution is -2.35. The molecule has 1 aliphatic rings. The number of hydrazine groups is 1. The van der Waals surface area contributed by atoms with Crippen LogP contribution < -0.4 is 15.2 Å². The molecule has 0 aromatic heterocycles. The highest BCUT2D eigenvalue weighted by Crippen LogP contribution is 2.23. The summed E-state index contributed by atoms with van der Waals surface area (Å²) in [5.74, 6) is -1.01. The Morgan fingerprint density at radius 2 is 1.84 bits per heavy atom. The number of anilines is 1. The smallest absolute Gasteiger partial charge is 0.308 e. The van der Waals surface area contributed by atoms with Crippen molar-refractivity contribution < 1.29 is 19.1 Å². The largest absolute Gasteiger partial charge is 0.427 e. The molecule has 126 valence electrons. The molecule has 1 saturated heterocycles. The number of nitrogens with zero attached hydrogens (tertiary/aromatic N) is 1. The highest BCUT2D eigenvalue weighted by atomic mass is 16.5. The van der Waals surface area contributed by atoms with Crippen molar-refractivity contribution >= 4 is 29.5 Å². The average Bonchev–Trinajstić information content (AvgIpc) is 2.83. The molecule has 1 fully saturated rings. The molecule has 1 aliphatic heterocycles. The lowest BCUT2D eigenvalue weighted by molar-refractivity contribution is -0.132. The van der Waals surface area contributed by atoms with Crippen molar-refractivity contribution in [2.75, 3.05) is 5.01 Å². The Hall–Kier alpha value is -3.41. The van der Waals surface area contributed by atoms with E-state index in [0.29, 0.717) is 17.0 Å². The van der Waals surface area contributed by atoms with Gasteiger partial charge in [0.05, 0.1) is 5.69 Å². The Morgan fingerprint density at radius 1 is 1.12 bits per heavy atom. The quantitative estimate of drug-likeness (QED) is 0.404. The first kappa shape index (κ1) is 16.4. The molecule has 2 amide bonds. The van der Waals surface area contributed by atoms with Gasteiger partial charge in [-0.05, 0) is 42.8 Å². The molecule has 0 spiro atoms. The number of amides is 2. The number of nitrogens with one attached hydrogen (secondary N) is 1. The highest BCUT2D eigenvalue weighted by Gasteiger charge is 2.34. The Morgan fingerprint density at radius 3 is 2.52 bits per heavy atom. The lowest BCUT2D eigenvalue weighted by atomic mass is 10.1. The Kier molecular flexibility index (Phi) is 4.35. The number of benzene rings is 2. The number of carbonyl (C=O) groups is 3. The summed E-state index contributed by atoms with van der Waals surface area (Å²) in [7, 11) is 0. The highest BCUT2D eigenvalue weighted by molar-refractivity contribution is 6.31. The van der Waals surface area contributed by atoms with Gasteiger partial charge in [-0.15, -0.1) is 0 Å². The molecule has 0 aliphatic carbocycles. The molecule has 1 N–H and O–H groups in total. The fourth-order valence-corrected chi connectivity index (χ4v) is 2.43. The molecule has 0 saturated carbocycles. The molecular formula is C19H16N2O4. The molecule has 6 heteroatoms. The summed E-state index contributed by atoms with van der Waals surface area (Å²) in [5, 5.41) is 1.21. The van der Waals surface area contributed by atoms with Crippen molar-refractivity contribution in [3.05, 3.63) is 65.2 Å². The molecule has 0 bridgehead atoms. The zero-order valence-electron chi connectivity index (χ0n) is 13.8. The van der Waals surface area contributed by atoms with Gasteiger partial charge in [-0.25, -0.2) is 5.01 Å². The minimum Gasteiger partial charge on any atom is -0.427 e. The monoisotopic (exact) mass is 336 g/mol. The van der Waals surface area contributed by atoms with E-state index >= 15 is 0 Å². The van der Waals surface area contributed by atoms with Crippen LogP contribution in [0.4, 0.5) is 5.69 Å². The van der Waals surface area contributed by atoms with Gasteiger partial charge >= 0.3 is 5.97 Å². The summed E-state index contributed by atoms with van der Waals surface area (Å²) in [4.78, 5) is 35.8. The fourth-order valence-electron chi connectivity index (χ4n) is 2.43. The van der Waals surface area contributed by atoms with Gasteiger partial charge in [0.15, 0.2) is 0 Å². The number of hydrogen-bond acceptors (Lipinski definition) is 4. The van der Waals surface area contributed by atoms with Crippen LogP contribution in [0, 0.1) is 6.92 Å². The first-order valence-electron chi connectivity index (χ1n) is 7.66. The second-order valence-corrected chi connectivity index (χ2v) is 5.64. The summed E-state index contributed by atoms with van der Waals surface area (Å²) in [6, 6.07) is 13.9. The Labute approximate surface area is 144 Å². The van der Waals surface area contributed by atoms with Crippen LogP contribution in [0.25, 0.3) is 6.08 Å². The normalized spacial score (nSPS) is 15.4. The molecule has 6 nitrogen and oxygen atoms in total. The van der Waals surface area contributed by atoms with Gasteiger partial charge in [-0.1, -0.05) is 29.8 Å². The summed E-state index contributed by atoms with van der Waals surface area (Å²) >= 11 is 0. The van der Waals surface area contributed by atoms with Crippen molar-refractivity contribution in [3.63, 3.8) is 0 Å². The molecule has 25 heavy (non-hydrogen) atoms. The summed E-state index contributed by atoms with van der Waals surface area (Å²) in [6.07, 6.45) is 1.47. The van der Waals surface area contributed by atoms with E-state index in [0.717, 1.165) is 5.56 Å². The van der Waals surface area contributed by atoms with E-state index in [1.807, 2.05) is 19.1 Å². The SMILES string of the molecule is CC(=O)Oc1cccc(/C=C2/C(=O)NN(c3ccc(C)cc3)C2=O)c1. The minimum absolute atomic E-state index is 0.0144. The van der Waals surface area contributed by atoms with Gasteiger partial charge < -0.3 is 4.74 Å². The lowest BCUT2D eigenvalue weighted by Gasteiger charge is -2.14. The topological polar surface area (TPSA) is 75.7 Å². The zero-order valence-corrected chi connectivity index (χ0v) is 13.8. The van der Waals surface area contributed by atoms with Crippen molar-refractivity contribution in [3.8, 4) is 5.75 Å². The number of ether oxygens (including phenoxy) is 1. The van der Waals surface area contributed by atoms with Crippen LogP contribution in [0.3, 0.4) is 0 Å². The Bertz CT molecular complexity index is 885. The van der Waals surface area contributed by atoms with Crippen molar-refractivity contribution in [2.45, 2.75) is 13.8 Å². The molecule has 2 aromatic carbocycles. The van der Waals surface area contributed by atoms with Crippen LogP contribution in [0.2, 0.25) is 0 Å². The fraction of sp³-hybridized carbons (Fsp3) is 0.105. The van der Waals surface area contributed by atoms with Gasteiger partial charge in [0.1, 0.15) is 11.3 Å². The summed E-state index contributed by atoms with van der Waals surface area (Å²) in [5.41, 5.74) is 4.79. The number of aryl methyl sites for hydroxylation is 1. The average molecular weight is 336 g/mol. The second kappa shape index (κ2) is 6.60. The maximum atomic E-state index is 12.6. The first-order valence-corrected chi connectivity index (χ1v) is 7.66. The summed E-state index contributed by atoms with van der Waals surface area (Å²) < 4.78 is 5.01. The van der Waals surface area contributed by atoms with Gasteiger partial charge in [-0.2, -0.15) is 0 Å². The van der Waals surface area contributed by atoms with E-state index in [-0.39, 0.29) is 5.57 Å². The number of hydrogen-bond donors (Lipinski definition) is 1. The van der Waals surface area contributed by atoms with E-state index < -0.39 is 17.8 Å². The van der Waals surface area contributed by atoms with E-state index in [2.05, 4.69) is 5.43 Å². The van der Waals surface area contributed by atoms with Gasteiger partial charge in [0.25, 0.3) is 11.8 Å². The van der Waals surface area contributed by atoms with Crippen molar-refractivity contribution in [1.29, 1.82) is 0 Å². The second-order valence-electron chi connectivity index (χ2n) is 5.64. The molecule has 2 aromatic rings. The third kappa shape index (κ3) is 3.58. The number of rotatable bonds is 3. The molecular weight excluding hydrogens is 320 g/mol. The number of esters is 1. The zero-order chi connectivity index (χ0) is 18.0. The van der Waals surface area contributed by atoms with Gasteiger partial charge in [0.2, 0.25) is 0 Å². The number of carbonyl (C=O) groups excluding carboxylic acids is 3. The van der Waals surface area contributed by atoms with E-state index in [4.69, 9.17) is 4.74 Å². The van der Waals surface area contributed by atoms with Crippen LogP contribution in [0.1, 0.15) is 18.1 Å². The molecule has 0 atom stereocenters. The maximum Gasteiger partial charge on any atom is 0.308 e. The maximum absolute atomic E-state index is 12.6. The van der Waals surface area contributed by atoms with E-state index in [9.17, 15) is 14.4 Å². The van der Waals surface area contributed by atoms with Crippen LogP contribution >= 0.6 is 0 Å².